The first kappa shape index (κ1) is 11.4. The average molecular weight is 256 g/mol. The maximum Gasteiger partial charge on any atom is 0.0457 e. The molecule has 0 radical (unpaired) electrons. The fourth-order valence-corrected chi connectivity index (χ4v) is 2.51. The van der Waals surface area contributed by atoms with Gasteiger partial charge in [0.05, 0.1) is 0 Å². The Bertz CT molecular complexity index is 697. The molecule has 0 aliphatic carbocycles. The van der Waals surface area contributed by atoms with Crippen molar-refractivity contribution in [3.05, 3.63) is 70.4 Å². The number of hydrogen-bond acceptors (Lipinski definition) is 0. The molecule has 18 heavy (non-hydrogen) atoms. The molecule has 1 N–H and O–H groups in total. The van der Waals surface area contributed by atoms with Crippen LogP contribution < -0.4 is 0 Å². The monoisotopic (exact) mass is 255 g/mol. The number of hydrogen-bond donors (Lipinski definition) is 1. The van der Waals surface area contributed by atoms with Gasteiger partial charge in [-0.2, -0.15) is 0 Å². The fraction of sp³-hybridized carbons (Fsp3) is 0.125. The zero-order valence-corrected chi connectivity index (χ0v) is 11.0. The highest BCUT2D eigenvalue weighted by molar-refractivity contribution is 6.31. The van der Waals surface area contributed by atoms with E-state index in [-0.39, 0.29) is 0 Å². The van der Waals surface area contributed by atoms with Gasteiger partial charge in [-0.3, -0.25) is 0 Å². The number of aromatic nitrogens is 1. The van der Waals surface area contributed by atoms with E-state index in [1.807, 2.05) is 18.2 Å². The second-order valence-electron chi connectivity index (χ2n) is 4.67. The third-order valence-corrected chi connectivity index (χ3v) is 3.44. The van der Waals surface area contributed by atoms with Crippen molar-refractivity contribution in [1.82, 2.24) is 4.98 Å². The molecule has 0 fully saturated rings. The third kappa shape index (κ3) is 2.14. The summed E-state index contributed by atoms with van der Waals surface area (Å²) in [5.74, 6) is 0. The minimum atomic E-state index is 0.785. The molecule has 1 aromatic heterocycles. The molecule has 0 aliphatic rings. The zero-order chi connectivity index (χ0) is 12.5. The van der Waals surface area contributed by atoms with E-state index in [0.717, 1.165) is 17.0 Å². The van der Waals surface area contributed by atoms with E-state index in [2.05, 4.69) is 42.4 Å². The standard InChI is InChI=1S/C16H14ClN/c1-11-3-2-4-12(7-11)8-13-10-18-16-6-5-14(17)9-15(13)16/h2-7,9-10,18H,8H2,1H3. The molecule has 0 spiro atoms. The lowest BCUT2D eigenvalue weighted by atomic mass is 10.0. The molecular weight excluding hydrogens is 242 g/mol. The van der Waals surface area contributed by atoms with Crippen molar-refractivity contribution in [2.24, 2.45) is 0 Å². The SMILES string of the molecule is Cc1cccc(Cc2c[nH]c3ccc(Cl)cc23)c1. The smallest absolute Gasteiger partial charge is 0.0457 e. The van der Waals surface area contributed by atoms with Gasteiger partial charge in [0.2, 0.25) is 0 Å². The Labute approximate surface area is 111 Å². The molecule has 2 heteroatoms. The number of fused-ring (bicyclic) bond motifs is 1. The third-order valence-electron chi connectivity index (χ3n) is 3.21. The zero-order valence-electron chi connectivity index (χ0n) is 10.2. The number of aryl methyl sites for hydroxylation is 1. The summed E-state index contributed by atoms with van der Waals surface area (Å²) in [5, 5.41) is 2.00. The fourth-order valence-electron chi connectivity index (χ4n) is 2.34. The maximum atomic E-state index is 6.06. The lowest BCUT2D eigenvalue weighted by Gasteiger charge is -2.02. The highest BCUT2D eigenvalue weighted by Gasteiger charge is 2.05. The van der Waals surface area contributed by atoms with Crippen molar-refractivity contribution >= 4 is 22.5 Å². The molecule has 0 bridgehead atoms. The van der Waals surface area contributed by atoms with E-state index < -0.39 is 0 Å². The minimum Gasteiger partial charge on any atom is -0.361 e. The van der Waals surface area contributed by atoms with Gasteiger partial charge in [-0.25, -0.2) is 0 Å². The molecule has 2 aromatic carbocycles. The summed E-state index contributed by atoms with van der Waals surface area (Å²) in [4.78, 5) is 3.29. The molecule has 0 unspecified atom stereocenters. The van der Waals surface area contributed by atoms with Gasteiger partial charge in [0.1, 0.15) is 0 Å². The summed E-state index contributed by atoms with van der Waals surface area (Å²) in [6.45, 7) is 2.12. The van der Waals surface area contributed by atoms with Crippen LogP contribution >= 0.6 is 11.6 Å². The van der Waals surface area contributed by atoms with Crippen LogP contribution in [-0.2, 0) is 6.42 Å². The van der Waals surface area contributed by atoms with Crippen LogP contribution in [0.2, 0.25) is 5.02 Å². The van der Waals surface area contributed by atoms with Crippen molar-refractivity contribution in [1.29, 1.82) is 0 Å². The van der Waals surface area contributed by atoms with Crippen LogP contribution in [0.15, 0.2) is 48.7 Å². The Balaban J connectivity index is 2.02. The molecule has 0 aliphatic heterocycles. The molecule has 0 amide bonds. The van der Waals surface area contributed by atoms with Crippen LogP contribution in [0.3, 0.4) is 0 Å². The van der Waals surface area contributed by atoms with Gasteiger partial charge in [-0.05, 0) is 42.7 Å². The summed E-state index contributed by atoms with van der Waals surface area (Å²) in [5.41, 5.74) is 5.06. The van der Waals surface area contributed by atoms with E-state index in [1.54, 1.807) is 0 Å². The highest BCUT2D eigenvalue weighted by atomic mass is 35.5. The van der Waals surface area contributed by atoms with Crippen molar-refractivity contribution in [2.75, 3.05) is 0 Å². The van der Waals surface area contributed by atoms with E-state index in [9.17, 15) is 0 Å². The van der Waals surface area contributed by atoms with Gasteiger partial charge in [0, 0.05) is 22.1 Å². The van der Waals surface area contributed by atoms with Crippen LogP contribution in [0.1, 0.15) is 16.7 Å². The second kappa shape index (κ2) is 4.51. The predicted molar refractivity (Wildman–Crippen MR) is 77.3 cm³/mol. The Morgan fingerprint density at radius 3 is 2.83 bits per heavy atom. The first-order valence-electron chi connectivity index (χ1n) is 6.03. The lowest BCUT2D eigenvalue weighted by Crippen LogP contribution is -1.87. The number of rotatable bonds is 2. The predicted octanol–water partition coefficient (Wildman–Crippen LogP) is 4.72. The van der Waals surface area contributed by atoms with Gasteiger partial charge >= 0.3 is 0 Å². The van der Waals surface area contributed by atoms with Gasteiger partial charge in [-0.1, -0.05) is 41.4 Å². The molecule has 1 nitrogen and oxygen atoms in total. The molecule has 1 heterocycles. The van der Waals surface area contributed by atoms with Crippen molar-refractivity contribution in [3.8, 4) is 0 Å². The molecule has 0 saturated heterocycles. The van der Waals surface area contributed by atoms with Crippen molar-refractivity contribution in [3.63, 3.8) is 0 Å². The summed E-state index contributed by atoms with van der Waals surface area (Å²) < 4.78 is 0. The maximum absolute atomic E-state index is 6.06. The van der Waals surface area contributed by atoms with Crippen LogP contribution in [0.4, 0.5) is 0 Å². The Morgan fingerprint density at radius 1 is 1.11 bits per heavy atom. The van der Waals surface area contributed by atoms with Crippen LogP contribution in [0.25, 0.3) is 10.9 Å². The second-order valence-corrected chi connectivity index (χ2v) is 5.11. The van der Waals surface area contributed by atoms with Gasteiger partial charge in [-0.15, -0.1) is 0 Å². The largest absolute Gasteiger partial charge is 0.361 e. The summed E-state index contributed by atoms with van der Waals surface area (Å²) in [6.07, 6.45) is 3.01. The Kier molecular flexibility index (Phi) is 2.85. The molecular formula is C16H14ClN. The summed E-state index contributed by atoms with van der Waals surface area (Å²) in [6, 6.07) is 14.6. The molecule has 3 aromatic rings. The first-order valence-corrected chi connectivity index (χ1v) is 6.41. The van der Waals surface area contributed by atoms with E-state index in [0.29, 0.717) is 0 Å². The molecule has 0 atom stereocenters. The topological polar surface area (TPSA) is 15.8 Å². The number of aromatic amines is 1. The van der Waals surface area contributed by atoms with Crippen LogP contribution in [-0.4, -0.2) is 4.98 Å². The molecule has 90 valence electrons. The Hall–Kier alpha value is -1.73. The highest BCUT2D eigenvalue weighted by Crippen LogP contribution is 2.24. The number of H-pyrrole nitrogens is 1. The van der Waals surface area contributed by atoms with Crippen LogP contribution in [0, 0.1) is 6.92 Å². The van der Waals surface area contributed by atoms with E-state index >= 15 is 0 Å². The minimum absolute atomic E-state index is 0.785. The Morgan fingerprint density at radius 2 is 2.00 bits per heavy atom. The van der Waals surface area contributed by atoms with Gasteiger partial charge < -0.3 is 4.98 Å². The first-order chi connectivity index (χ1) is 8.72. The summed E-state index contributed by atoms with van der Waals surface area (Å²) in [7, 11) is 0. The van der Waals surface area contributed by atoms with Crippen LogP contribution in [0.5, 0.6) is 0 Å². The van der Waals surface area contributed by atoms with E-state index in [1.165, 1.54) is 22.1 Å². The normalized spacial score (nSPS) is 11.0. The average Bonchev–Trinajstić information content (AvgIpc) is 2.72. The lowest BCUT2D eigenvalue weighted by molar-refractivity contribution is 1.19. The molecule has 0 saturated carbocycles. The number of nitrogens with one attached hydrogen (secondary N) is 1. The quantitative estimate of drug-likeness (QED) is 0.682. The van der Waals surface area contributed by atoms with Crippen molar-refractivity contribution in [2.45, 2.75) is 13.3 Å². The van der Waals surface area contributed by atoms with E-state index in [4.69, 9.17) is 11.6 Å². The van der Waals surface area contributed by atoms with Gasteiger partial charge in [0.15, 0.2) is 0 Å². The summed E-state index contributed by atoms with van der Waals surface area (Å²) >= 11 is 6.06. The molecule has 3 rings (SSSR count). The number of halogens is 1. The van der Waals surface area contributed by atoms with Crippen molar-refractivity contribution < 1.29 is 0 Å². The number of benzene rings is 2. The van der Waals surface area contributed by atoms with Gasteiger partial charge in [0.25, 0.3) is 0 Å².